The van der Waals surface area contributed by atoms with Gasteiger partial charge in [0, 0.05) is 29.7 Å². The van der Waals surface area contributed by atoms with Crippen molar-refractivity contribution in [1.82, 2.24) is 0 Å². The monoisotopic (exact) mass is 368 g/mol. The standard InChI is InChI=1S/C13H8Cl4O4/c14-6-2-8(18)10(16)4(12(6)20)1-5-11(17)9(19)3-7(15)13(5)21/h2-3,18-21H,1H2. The summed E-state index contributed by atoms with van der Waals surface area (Å²) in [5.74, 6) is -1.41. The van der Waals surface area contributed by atoms with Crippen LogP contribution in [0.3, 0.4) is 0 Å². The number of phenols is 4. The van der Waals surface area contributed by atoms with Gasteiger partial charge in [-0.25, -0.2) is 0 Å². The minimum absolute atomic E-state index is 0.0422. The summed E-state index contributed by atoms with van der Waals surface area (Å²) < 4.78 is 0. The van der Waals surface area contributed by atoms with Gasteiger partial charge < -0.3 is 20.4 Å². The molecule has 2 aromatic carbocycles. The van der Waals surface area contributed by atoms with Crippen LogP contribution in [0.2, 0.25) is 20.1 Å². The molecule has 0 fully saturated rings. The van der Waals surface area contributed by atoms with Crippen molar-refractivity contribution in [1.29, 1.82) is 0 Å². The van der Waals surface area contributed by atoms with E-state index in [1.54, 1.807) is 0 Å². The third-order valence-electron chi connectivity index (χ3n) is 2.88. The lowest BCUT2D eigenvalue weighted by Crippen LogP contribution is -1.94. The zero-order valence-corrected chi connectivity index (χ0v) is 13.2. The number of rotatable bonds is 2. The molecule has 0 unspecified atom stereocenters. The zero-order chi connectivity index (χ0) is 15.9. The highest BCUT2D eigenvalue weighted by atomic mass is 35.5. The molecule has 4 N–H and O–H groups in total. The predicted octanol–water partition coefficient (Wildman–Crippen LogP) is 4.71. The summed E-state index contributed by atoms with van der Waals surface area (Å²) >= 11 is 23.4. The summed E-state index contributed by atoms with van der Waals surface area (Å²) in [6, 6.07) is 2.17. The Morgan fingerprint density at radius 2 is 1.00 bits per heavy atom. The first-order valence-electron chi connectivity index (χ1n) is 5.51. The summed E-state index contributed by atoms with van der Waals surface area (Å²) in [5.41, 5.74) is 0.0843. The third kappa shape index (κ3) is 2.90. The van der Waals surface area contributed by atoms with Crippen molar-refractivity contribution in [2.24, 2.45) is 0 Å². The molecule has 0 saturated heterocycles. The molecule has 0 saturated carbocycles. The molecule has 2 rings (SSSR count). The van der Waals surface area contributed by atoms with Crippen LogP contribution in [0.25, 0.3) is 0 Å². The third-order valence-corrected chi connectivity index (χ3v) is 4.30. The van der Waals surface area contributed by atoms with Crippen molar-refractivity contribution >= 4 is 46.4 Å². The molecular formula is C13H8Cl4O4. The van der Waals surface area contributed by atoms with Crippen LogP contribution in [-0.2, 0) is 6.42 Å². The Hall–Kier alpha value is -1.20. The van der Waals surface area contributed by atoms with E-state index in [2.05, 4.69) is 0 Å². The topological polar surface area (TPSA) is 80.9 Å². The van der Waals surface area contributed by atoms with Gasteiger partial charge in [-0.15, -0.1) is 0 Å². The van der Waals surface area contributed by atoms with Gasteiger partial charge in [0.2, 0.25) is 0 Å². The van der Waals surface area contributed by atoms with Gasteiger partial charge in [0.1, 0.15) is 23.0 Å². The number of aromatic hydroxyl groups is 4. The van der Waals surface area contributed by atoms with Crippen molar-refractivity contribution in [3.05, 3.63) is 43.4 Å². The van der Waals surface area contributed by atoms with Crippen LogP contribution in [0.15, 0.2) is 12.1 Å². The maximum absolute atomic E-state index is 9.94. The van der Waals surface area contributed by atoms with Crippen LogP contribution in [0.4, 0.5) is 0 Å². The molecule has 0 atom stereocenters. The molecule has 4 nitrogen and oxygen atoms in total. The van der Waals surface area contributed by atoms with E-state index in [9.17, 15) is 20.4 Å². The molecule has 0 aliphatic carbocycles. The largest absolute Gasteiger partial charge is 0.506 e. The van der Waals surface area contributed by atoms with Gasteiger partial charge in [0.05, 0.1) is 20.1 Å². The summed E-state index contributed by atoms with van der Waals surface area (Å²) in [5, 5.41) is 38.6. The molecule has 0 radical (unpaired) electrons. The van der Waals surface area contributed by atoms with E-state index in [-0.39, 0.29) is 60.6 Å². The predicted molar refractivity (Wildman–Crippen MR) is 82.4 cm³/mol. The van der Waals surface area contributed by atoms with Crippen LogP contribution < -0.4 is 0 Å². The van der Waals surface area contributed by atoms with Crippen LogP contribution in [0.1, 0.15) is 11.1 Å². The Kier molecular flexibility index (Phi) is 4.54. The van der Waals surface area contributed by atoms with E-state index in [1.165, 1.54) is 0 Å². The average Bonchev–Trinajstić information content (AvgIpc) is 2.42. The molecule has 112 valence electrons. The van der Waals surface area contributed by atoms with Gasteiger partial charge in [0.25, 0.3) is 0 Å². The summed E-state index contributed by atoms with van der Waals surface area (Å²) in [7, 11) is 0. The lowest BCUT2D eigenvalue weighted by molar-refractivity contribution is 0.449. The zero-order valence-electron chi connectivity index (χ0n) is 10.2. The van der Waals surface area contributed by atoms with Crippen molar-refractivity contribution < 1.29 is 20.4 Å². The number of hydrogen-bond donors (Lipinski definition) is 4. The van der Waals surface area contributed by atoms with Crippen LogP contribution in [0, 0.1) is 0 Å². The second-order valence-electron chi connectivity index (χ2n) is 4.21. The molecule has 2 aromatic rings. The van der Waals surface area contributed by atoms with Gasteiger partial charge >= 0.3 is 0 Å². The lowest BCUT2D eigenvalue weighted by Gasteiger charge is -2.14. The van der Waals surface area contributed by atoms with Gasteiger partial charge in [0.15, 0.2) is 0 Å². The fraction of sp³-hybridized carbons (Fsp3) is 0.0769. The maximum Gasteiger partial charge on any atom is 0.139 e. The quantitative estimate of drug-likeness (QED) is 0.577. The van der Waals surface area contributed by atoms with Gasteiger partial charge in [-0.05, 0) is 0 Å². The smallest absolute Gasteiger partial charge is 0.139 e. The fourth-order valence-electron chi connectivity index (χ4n) is 1.81. The minimum Gasteiger partial charge on any atom is -0.506 e. The molecule has 0 heterocycles. The van der Waals surface area contributed by atoms with Gasteiger partial charge in [-0.1, -0.05) is 46.4 Å². The molecule has 8 heteroatoms. The SMILES string of the molecule is Oc1cc(Cl)c(O)c(Cc2c(O)c(Cl)cc(O)c2Cl)c1Cl. The van der Waals surface area contributed by atoms with Crippen LogP contribution in [0.5, 0.6) is 23.0 Å². The molecule has 0 aliphatic heterocycles. The first kappa shape index (κ1) is 16.2. The Morgan fingerprint density at radius 3 is 1.33 bits per heavy atom. The number of benzene rings is 2. The first-order valence-corrected chi connectivity index (χ1v) is 7.02. The van der Waals surface area contributed by atoms with Crippen molar-refractivity contribution in [3.63, 3.8) is 0 Å². The second-order valence-corrected chi connectivity index (χ2v) is 5.78. The fourth-order valence-corrected chi connectivity index (χ4v) is 2.66. The first-order chi connectivity index (χ1) is 9.73. The average molecular weight is 370 g/mol. The van der Waals surface area contributed by atoms with Crippen molar-refractivity contribution in [2.75, 3.05) is 0 Å². The lowest BCUT2D eigenvalue weighted by atomic mass is 10.0. The maximum atomic E-state index is 9.94. The highest BCUT2D eigenvalue weighted by Gasteiger charge is 2.21. The summed E-state index contributed by atoms with van der Waals surface area (Å²) in [4.78, 5) is 0. The molecule has 0 aromatic heterocycles. The summed E-state index contributed by atoms with van der Waals surface area (Å²) in [6.07, 6.45) is -0.197. The van der Waals surface area contributed by atoms with Crippen LogP contribution in [-0.4, -0.2) is 20.4 Å². The Balaban J connectivity index is 2.64. The van der Waals surface area contributed by atoms with E-state index in [1.807, 2.05) is 0 Å². The molecule has 0 amide bonds. The molecule has 0 spiro atoms. The number of hydrogen-bond acceptors (Lipinski definition) is 4. The summed E-state index contributed by atoms with van der Waals surface area (Å²) in [6.45, 7) is 0. The van der Waals surface area contributed by atoms with Crippen LogP contribution >= 0.6 is 46.4 Å². The second kappa shape index (κ2) is 5.89. The van der Waals surface area contributed by atoms with E-state index in [4.69, 9.17) is 46.4 Å². The van der Waals surface area contributed by atoms with Gasteiger partial charge in [-0.2, -0.15) is 0 Å². The van der Waals surface area contributed by atoms with Crippen molar-refractivity contribution in [3.8, 4) is 23.0 Å². The normalized spacial score (nSPS) is 10.9. The Labute approximate surface area is 139 Å². The molecule has 0 bridgehead atoms. The number of phenolic OH excluding ortho intramolecular Hbond substituents is 4. The number of halogens is 4. The van der Waals surface area contributed by atoms with E-state index < -0.39 is 0 Å². The van der Waals surface area contributed by atoms with Gasteiger partial charge in [-0.3, -0.25) is 0 Å². The highest BCUT2D eigenvalue weighted by molar-refractivity contribution is 6.37. The van der Waals surface area contributed by atoms with E-state index in [0.29, 0.717) is 0 Å². The van der Waals surface area contributed by atoms with Crippen molar-refractivity contribution in [2.45, 2.75) is 6.42 Å². The van der Waals surface area contributed by atoms with E-state index in [0.717, 1.165) is 12.1 Å². The molecule has 0 aliphatic rings. The van der Waals surface area contributed by atoms with E-state index >= 15 is 0 Å². The highest BCUT2D eigenvalue weighted by Crippen LogP contribution is 2.45. The molecular weight excluding hydrogens is 362 g/mol. The molecule has 21 heavy (non-hydrogen) atoms. The minimum atomic E-state index is -0.366. The Bertz CT molecular complexity index is 617. The Morgan fingerprint density at radius 1 is 0.667 bits per heavy atom.